The van der Waals surface area contributed by atoms with Crippen LogP contribution < -0.4 is 20.8 Å². The first-order valence-corrected chi connectivity index (χ1v) is 11.3. The van der Waals surface area contributed by atoms with E-state index < -0.39 is 0 Å². The Morgan fingerprint density at radius 1 is 1.34 bits per heavy atom. The number of hydrogen-bond acceptors (Lipinski definition) is 7. The van der Waals surface area contributed by atoms with Crippen LogP contribution in [0.25, 0.3) is 0 Å². The third kappa shape index (κ3) is 7.24. The maximum atomic E-state index is 7.33. The van der Waals surface area contributed by atoms with Crippen LogP contribution in [0.1, 0.15) is 65.5 Å². The highest BCUT2D eigenvalue weighted by molar-refractivity contribution is 7.97. The fraction of sp³-hybridized carbons (Fsp3) is 0.591. The summed E-state index contributed by atoms with van der Waals surface area (Å²) < 4.78 is 3.40. The first-order chi connectivity index (χ1) is 13.8. The van der Waals surface area contributed by atoms with E-state index in [1.54, 1.807) is 11.9 Å². The monoisotopic (exact) mass is 419 g/mol. The Hall–Kier alpha value is -1.70. The van der Waals surface area contributed by atoms with Crippen molar-refractivity contribution >= 4 is 23.3 Å². The highest BCUT2D eigenvalue weighted by Gasteiger charge is 2.27. The van der Waals surface area contributed by atoms with Gasteiger partial charge in [0.2, 0.25) is 0 Å². The van der Waals surface area contributed by atoms with Crippen LogP contribution in [0.2, 0.25) is 0 Å². The zero-order chi connectivity index (χ0) is 21.4. The number of aliphatic hydroxyl groups is 1. The Kier molecular flexibility index (Phi) is 9.33. The summed E-state index contributed by atoms with van der Waals surface area (Å²) in [5, 5.41) is 19.2. The minimum atomic E-state index is 0.0892. The maximum absolute atomic E-state index is 7.33. The molecule has 4 unspecified atom stereocenters. The highest BCUT2D eigenvalue weighted by atomic mass is 32.2. The molecular weight excluding hydrogens is 382 g/mol. The largest absolute Gasteiger partial charge is 0.516 e. The number of hydrogen-bond donors (Lipinski definition) is 5. The van der Waals surface area contributed by atoms with Crippen LogP contribution in [0.15, 0.2) is 41.0 Å². The van der Waals surface area contributed by atoms with Crippen molar-refractivity contribution in [3.8, 4) is 0 Å². The van der Waals surface area contributed by atoms with E-state index in [1.165, 1.54) is 35.4 Å². The van der Waals surface area contributed by atoms with Crippen LogP contribution in [0.3, 0.4) is 0 Å². The van der Waals surface area contributed by atoms with Crippen molar-refractivity contribution in [3.05, 3.63) is 36.6 Å². The van der Waals surface area contributed by atoms with Gasteiger partial charge >= 0.3 is 0 Å². The normalized spacial score (nSPS) is 24.5. The Morgan fingerprint density at radius 2 is 2.07 bits per heavy atom. The lowest BCUT2D eigenvalue weighted by Crippen LogP contribution is -2.33. The Balaban J connectivity index is 0.000000941. The fourth-order valence-corrected chi connectivity index (χ4v) is 4.76. The Morgan fingerprint density at radius 3 is 2.76 bits per heavy atom. The first-order valence-electron chi connectivity index (χ1n) is 10.5. The number of hydrazone groups is 1. The number of aliphatic hydroxyl groups excluding tert-OH is 1. The van der Waals surface area contributed by atoms with Crippen molar-refractivity contribution in [2.75, 3.05) is 5.32 Å². The molecule has 0 amide bonds. The number of anilines is 1. The molecule has 5 N–H and O–H groups in total. The molecule has 2 aliphatic rings. The average Bonchev–Trinajstić information content (AvgIpc) is 3.27. The van der Waals surface area contributed by atoms with Crippen molar-refractivity contribution in [1.29, 1.82) is 0 Å². The molecule has 1 aliphatic carbocycles. The summed E-state index contributed by atoms with van der Waals surface area (Å²) in [5.41, 5.74) is 6.99. The van der Waals surface area contributed by atoms with Crippen molar-refractivity contribution < 1.29 is 5.11 Å². The average molecular weight is 420 g/mol. The predicted molar refractivity (Wildman–Crippen MR) is 125 cm³/mol. The van der Waals surface area contributed by atoms with Gasteiger partial charge in [0.25, 0.3) is 0 Å². The van der Waals surface area contributed by atoms with Gasteiger partial charge in [-0.15, -0.1) is 0 Å². The molecular formula is C22H37N5OS. The molecule has 1 aliphatic heterocycles. The Bertz CT molecular complexity index is 694. The summed E-state index contributed by atoms with van der Waals surface area (Å²) in [6, 6.07) is 8.15. The summed E-state index contributed by atoms with van der Waals surface area (Å²) >= 11 is 1.72. The summed E-state index contributed by atoms with van der Waals surface area (Å²) in [4.78, 5) is 1.32. The van der Waals surface area contributed by atoms with Crippen LogP contribution in [0.4, 0.5) is 5.69 Å². The second-order valence-corrected chi connectivity index (χ2v) is 9.03. The zero-order valence-corrected chi connectivity index (χ0v) is 19.1. The quantitative estimate of drug-likeness (QED) is 0.142. The highest BCUT2D eigenvalue weighted by Crippen LogP contribution is 2.36. The molecule has 1 aromatic rings. The SMILES string of the molecule is C/C(=N\NC(C)Nc1ccc2c(c1)C(C)NS2)C1CCC(NC(C)C)C1.C=CO. The van der Waals surface area contributed by atoms with E-state index >= 15 is 0 Å². The molecule has 29 heavy (non-hydrogen) atoms. The molecule has 7 heteroatoms. The lowest BCUT2D eigenvalue weighted by atomic mass is 10.0. The fourth-order valence-electron chi connectivity index (χ4n) is 3.84. The molecule has 1 aromatic carbocycles. The Labute approximate surface area is 180 Å². The first kappa shape index (κ1) is 23.6. The zero-order valence-electron chi connectivity index (χ0n) is 18.3. The molecule has 4 atom stereocenters. The van der Waals surface area contributed by atoms with Gasteiger partial charge in [0.1, 0.15) is 6.17 Å². The van der Waals surface area contributed by atoms with Crippen LogP contribution in [-0.2, 0) is 0 Å². The van der Waals surface area contributed by atoms with Crippen LogP contribution in [-0.4, -0.2) is 29.1 Å². The number of fused-ring (bicyclic) bond motifs is 1. The van der Waals surface area contributed by atoms with Crippen molar-refractivity contribution in [1.82, 2.24) is 15.5 Å². The van der Waals surface area contributed by atoms with E-state index in [2.05, 4.69) is 85.3 Å². The summed E-state index contributed by atoms with van der Waals surface area (Å²) in [6.45, 7) is 13.8. The standard InChI is InChI=1S/C20H33N5S.C2H4O/c1-12(2)21-17-7-6-16(10-17)13(3)23-24-15(5)22-18-8-9-20-19(11-18)14(4)25-26-20;1-2-3/h8-9,11-12,14-17,21-22,24-25H,6-7,10H2,1-5H3;2-3H,1H2/b23-13+;. The number of benzene rings is 1. The molecule has 0 bridgehead atoms. The molecule has 0 spiro atoms. The van der Waals surface area contributed by atoms with Crippen LogP contribution in [0.5, 0.6) is 0 Å². The minimum Gasteiger partial charge on any atom is -0.516 e. The number of nitrogens with one attached hydrogen (secondary N) is 4. The van der Waals surface area contributed by atoms with Crippen molar-refractivity contribution in [2.45, 2.75) is 83.1 Å². The van der Waals surface area contributed by atoms with Crippen molar-refractivity contribution in [2.24, 2.45) is 11.0 Å². The minimum absolute atomic E-state index is 0.0892. The summed E-state index contributed by atoms with van der Waals surface area (Å²) in [7, 11) is 0. The van der Waals surface area contributed by atoms with Gasteiger partial charge in [-0.25, -0.2) is 0 Å². The number of rotatable bonds is 7. The second-order valence-electron chi connectivity index (χ2n) is 8.15. The lowest BCUT2D eigenvalue weighted by Gasteiger charge is -2.18. The van der Waals surface area contributed by atoms with Gasteiger partial charge in [-0.1, -0.05) is 20.4 Å². The third-order valence-corrected chi connectivity index (χ3v) is 6.30. The van der Waals surface area contributed by atoms with Gasteiger partial charge in [0.15, 0.2) is 0 Å². The number of nitrogens with zero attached hydrogens (tertiary/aromatic N) is 1. The van der Waals surface area contributed by atoms with Gasteiger partial charge in [-0.2, -0.15) is 5.10 Å². The van der Waals surface area contributed by atoms with E-state index in [0.717, 1.165) is 11.9 Å². The van der Waals surface area contributed by atoms with E-state index in [1.807, 2.05) is 0 Å². The van der Waals surface area contributed by atoms with Crippen molar-refractivity contribution in [3.63, 3.8) is 0 Å². The smallest absolute Gasteiger partial charge is 0.110 e. The third-order valence-electron chi connectivity index (χ3n) is 5.23. The summed E-state index contributed by atoms with van der Waals surface area (Å²) in [6.07, 6.45) is 4.52. The topological polar surface area (TPSA) is 80.7 Å². The molecule has 1 fully saturated rings. The predicted octanol–water partition coefficient (Wildman–Crippen LogP) is 4.94. The maximum Gasteiger partial charge on any atom is 0.110 e. The van der Waals surface area contributed by atoms with Gasteiger partial charge in [0, 0.05) is 40.3 Å². The molecule has 1 saturated carbocycles. The van der Waals surface area contributed by atoms with Gasteiger partial charge in [0.05, 0.1) is 6.26 Å². The molecule has 162 valence electrons. The van der Waals surface area contributed by atoms with E-state index in [0.29, 0.717) is 24.0 Å². The summed E-state index contributed by atoms with van der Waals surface area (Å²) in [5.74, 6) is 0.592. The van der Waals surface area contributed by atoms with E-state index in [4.69, 9.17) is 5.11 Å². The van der Waals surface area contributed by atoms with Gasteiger partial charge < -0.3 is 15.7 Å². The van der Waals surface area contributed by atoms with Gasteiger partial charge in [-0.05, 0) is 75.7 Å². The lowest BCUT2D eigenvalue weighted by molar-refractivity contribution is 0.466. The molecule has 0 aromatic heterocycles. The van der Waals surface area contributed by atoms with Gasteiger partial charge in [-0.3, -0.25) is 10.1 Å². The van der Waals surface area contributed by atoms with Crippen LogP contribution in [0, 0.1) is 5.92 Å². The van der Waals surface area contributed by atoms with Crippen LogP contribution >= 0.6 is 11.9 Å². The van der Waals surface area contributed by atoms with E-state index in [9.17, 15) is 0 Å². The molecule has 6 nitrogen and oxygen atoms in total. The molecule has 0 saturated heterocycles. The molecule has 1 heterocycles. The molecule has 3 rings (SSSR count). The molecule has 0 radical (unpaired) electrons. The second kappa shape index (κ2) is 11.5. The van der Waals surface area contributed by atoms with E-state index in [-0.39, 0.29) is 6.17 Å².